The van der Waals surface area contributed by atoms with Gasteiger partial charge in [-0.3, -0.25) is 14.2 Å². The fourth-order valence-electron chi connectivity index (χ4n) is 2.44. The van der Waals surface area contributed by atoms with Crippen molar-refractivity contribution in [1.29, 1.82) is 0 Å². The van der Waals surface area contributed by atoms with Crippen molar-refractivity contribution >= 4 is 17.1 Å². The molecule has 3 heterocycles. The quantitative estimate of drug-likeness (QED) is 0.624. The number of carbonyl (C=O) groups excluding carboxylic acids is 1. The number of amides is 1. The summed E-state index contributed by atoms with van der Waals surface area (Å²) in [5.74, 6) is -2.23. The number of hydrogen-bond acceptors (Lipinski definition) is 6. The molecule has 9 nitrogen and oxygen atoms in total. The Morgan fingerprint density at radius 2 is 2.16 bits per heavy atom. The van der Waals surface area contributed by atoms with E-state index in [1.165, 1.54) is 5.32 Å². The summed E-state index contributed by atoms with van der Waals surface area (Å²) in [5, 5.41) is 11.3. The number of carbonyl (C=O) groups is 1. The lowest BCUT2D eigenvalue weighted by molar-refractivity contribution is -0.174. The summed E-state index contributed by atoms with van der Waals surface area (Å²) in [6.07, 6.45) is -9.71. The van der Waals surface area contributed by atoms with Crippen LogP contribution in [0.2, 0.25) is 0 Å². The molecule has 0 aromatic carbocycles. The molecule has 136 valence electrons. The number of imidazole rings is 1. The number of alkyl halides is 4. The number of hydrogen-bond donors (Lipinski definition) is 3. The Bertz CT molecular complexity index is 850. The number of aliphatic hydroxyl groups is 1. The van der Waals surface area contributed by atoms with Gasteiger partial charge in [0.25, 0.3) is 5.56 Å². The summed E-state index contributed by atoms with van der Waals surface area (Å²) in [4.78, 5) is 32.3. The molecule has 1 aliphatic rings. The highest BCUT2D eigenvalue weighted by Gasteiger charge is 2.47. The molecule has 0 bridgehead atoms. The van der Waals surface area contributed by atoms with Crippen molar-refractivity contribution in [2.75, 3.05) is 6.54 Å². The smallest absolute Gasteiger partial charge is 0.387 e. The van der Waals surface area contributed by atoms with Crippen LogP contribution in [0, 0.1) is 0 Å². The third-order valence-electron chi connectivity index (χ3n) is 3.65. The molecule has 25 heavy (non-hydrogen) atoms. The number of aromatic nitrogens is 4. The van der Waals surface area contributed by atoms with Gasteiger partial charge < -0.3 is 20.1 Å². The van der Waals surface area contributed by atoms with E-state index in [9.17, 15) is 32.3 Å². The van der Waals surface area contributed by atoms with E-state index in [-0.39, 0.29) is 11.2 Å². The summed E-state index contributed by atoms with van der Waals surface area (Å²) in [6, 6.07) is 0. The van der Waals surface area contributed by atoms with Crippen LogP contribution in [0.15, 0.2) is 17.4 Å². The maximum Gasteiger partial charge on any atom is 0.471 e. The summed E-state index contributed by atoms with van der Waals surface area (Å²) in [7, 11) is 0. The largest absolute Gasteiger partial charge is 0.471 e. The maximum absolute atomic E-state index is 14.3. The van der Waals surface area contributed by atoms with E-state index in [1.54, 1.807) is 0 Å². The fraction of sp³-hybridized carbons (Fsp3) is 0.500. The standard InChI is InChI=1S/C12H11F4N5O4/c13-5-7(22)4(1-17-11(24)12(14,15)16)25-10(5)21-3-20-6-8(21)18-2-19-9(6)23/h2-5,7,10,22H,1H2,(H,17,24)(H,18,19,23)/t4-,5-,7-,10-/m1/s1. The lowest BCUT2D eigenvalue weighted by Gasteiger charge is -2.16. The van der Waals surface area contributed by atoms with Gasteiger partial charge >= 0.3 is 12.1 Å². The van der Waals surface area contributed by atoms with Gasteiger partial charge in [0.05, 0.1) is 12.7 Å². The molecule has 0 saturated carbocycles. The number of fused-ring (bicyclic) bond motifs is 1. The van der Waals surface area contributed by atoms with Crippen LogP contribution in [0.4, 0.5) is 17.6 Å². The molecule has 1 saturated heterocycles. The van der Waals surface area contributed by atoms with E-state index in [0.29, 0.717) is 0 Å². The molecule has 1 amide bonds. The monoisotopic (exact) mass is 365 g/mol. The molecule has 0 radical (unpaired) electrons. The lowest BCUT2D eigenvalue weighted by Crippen LogP contribution is -2.44. The normalized spacial score (nSPS) is 26.9. The Labute approximate surface area is 135 Å². The molecule has 13 heteroatoms. The lowest BCUT2D eigenvalue weighted by atomic mass is 10.1. The first-order valence-corrected chi connectivity index (χ1v) is 6.93. The zero-order valence-electron chi connectivity index (χ0n) is 12.2. The molecule has 0 spiro atoms. The molecule has 2 aromatic heterocycles. The van der Waals surface area contributed by atoms with Crippen molar-refractivity contribution in [1.82, 2.24) is 24.8 Å². The highest BCUT2D eigenvalue weighted by Crippen LogP contribution is 2.33. The van der Waals surface area contributed by atoms with Crippen molar-refractivity contribution in [3.63, 3.8) is 0 Å². The minimum absolute atomic E-state index is 0.0245. The van der Waals surface area contributed by atoms with E-state index in [0.717, 1.165) is 17.2 Å². The first kappa shape index (κ1) is 17.3. The van der Waals surface area contributed by atoms with Crippen LogP contribution < -0.4 is 10.9 Å². The van der Waals surface area contributed by atoms with Crippen molar-refractivity contribution in [3.05, 3.63) is 23.0 Å². The van der Waals surface area contributed by atoms with E-state index in [1.807, 2.05) is 0 Å². The first-order chi connectivity index (χ1) is 11.7. The number of halogens is 4. The molecule has 2 aromatic rings. The van der Waals surface area contributed by atoms with Crippen LogP contribution in [-0.2, 0) is 9.53 Å². The zero-order valence-corrected chi connectivity index (χ0v) is 12.2. The fourth-order valence-corrected chi connectivity index (χ4v) is 2.44. The number of nitrogens with one attached hydrogen (secondary N) is 2. The minimum atomic E-state index is -5.11. The molecule has 3 N–H and O–H groups in total. The second-order valence-corrected chi connectivity index (χ2v) is 5.26. The molecule has 3 rings (SSSR count). The minimum Gasteiger partial charge on any atom is -0.387 e. The number of rotatable bonds is 3. The van der Waals surface area contributed by atoms with Crippen LogP contribution in [0.5, 0.6) is 0 Å². The Balaban J connectivity index is 1.79. The predicted molar refractivity (Wildman–Crippen MR) is 72.0 cm³/mol. The van der Waals surface area contributed by atoms with Crippen molar-refractivity contribution in [2.24, 2.45) is 0 Å². The Kier molecular flexibility index (Phi) is 4.20. The van der Waals surface area contributed by atoms with Gasteiger partial charge in [-0.15, -0.1) is 0 Å². The summed E-state index contributed by atoms with van der Waals surface area (Å²) >= 11 is 0. The number of aromatic amines is 1. The van der Waals surface area contributed by atoms with E-state index in [4.69, 9.17) is 4.74 Å². The molecular weight excluding hydrogens is 354 g/mol. The van der Waals surface area contributed by atoms with Gasteiger partial charge in [0.2, 0.25) is 0 Å². The second-order valence-electron chi connectivity index (χ2n) is 5.26. The van der Waals surface area contributed by atoms with Gasteiger partial charge in [0.15, 0.2) is 23.6 Å². The van der Waals surface area contributed by atoms with Crippen LogP contribution in [0.25, 0.3) is 11.2 Å². The van der Waals surface area contributed by atoms with Gasteiger partial charge in [-0.2, -0.15) is 13.2 Å². The molecular formula is C12H11F4N5O4. The first-order valence-electron chi connectivity index (χ1n) is 6.93. The maximum atomic E-state index is 14.3. The molecule has 4 atom stereocenters. The van der Waals surface area contributed by atoms with E-state index >= 15 is 0 Å². The van der Waals surface area contributed by atoms with E-state index < -0.39 is 48.8 Å². The van der Waals surface area contributed by atoms with Gasteiger partial charge in [-0.1, -0.05) is 0 Å². The van der Waals surface area contributed by atoms with Crippen molar-refractivity contribution in [3.8, 4) is 0 Å². The summed E-state index contributed by atoms with van der Waals surface area (Å²) in [5.41, 5.74) is -0.697. The average Bonchev–Trinajstić information content (AvgIpc) is 3.08. The van der Waals surface area contributed by atoms with Crippen molar-refractivity contribution < 1.29 is 32.2 Å². The number of aliphatic hydroxyl groups excluding tert-OH is 1. The third kappa shape index (κ3) is 3.07. The number of H-pyrrole nitrogens is 1. The number of ether oxygens (including phenoxy) is 1. The average molecular weight is 365 g/mol. The summed E-state index contributed by atoms with van der Waals surface area (Å²) < 4.78 is 57.1. The Hall–Kier alpha value is -2.54. The highest BCUT2D eigenvalue weighted by molar-refractivity contribution is 5.81. The third-order valence-corrected chi connectivity index (χ3v) is 3.65. The van der Waals surface area contributed by atoms with Crippen LogP contribution in [0.3, 0.4) is 0 Å². The van der Waals surface area contributed by atoms with Gasteiger partial charge in [-0.05, 0) is 0 Å². The predicted octanol–water partition coefficient (Wildman–Crippen LogP) is -0.606. The molecule has 0 unspecified atom stereocenters. The Morgan fingerprint density at radius 1 is 1.44 bits per heavy atom. The summed E-state index contributed by atoms with van der Waals surface area (Å²) in [6.45, 7) is -0.753. The molecule has 0 aliphatic carbocycles. The van der Waals surface area contributed by atoms with Crippen LogP contribution >= 0.6 is 0 Å². The second kappa shape index (κ2) is 6.07. The molecule has 1 fully saturated rings. The van der Waals surface area contributed by atoms with Crippen LogP contribution in [0.1, 0.15) is 6.23 Å². The van der Waals surface area contributed by atoms with Gasteiger partial charge in [0.1, 0.15) is 12.2 Å². The topological polar surface area (TPSA) is 122 Å². The SMILES string of the molecule is O=C(NC[C@H]1O[C@@H](n2cnc3c(=O)[nH]cnc32)[C@H](F)[C@@H]1O)C(F)(F)F. The van der Waals surface area contributed by atoms with Gasteiger partial charge in [0, 0.05) is 6.54 Å². The van der Waals surface area contributed by atoms with Gasteiger partial charge in [-0.25, -0.2) is 14.4 Å². The molecule has 1 aliphatic heterocycles. The highest BCUT2D eigenvalue weighted by atomic mass is 19.4. The Morgan fingerprint density at radius 3 is 2.84 bits per heavy atom. The van der Waals surface area contributed by atoms with E-state index in [2.05, 4.69) is 15.0 Å². The zero-order chi connectivity index (χ0) is 18.4. The van der Waals surface area contributed by atoms with Crippen LogP contribution in [-0.4, -0.2) is 61.6 Å². The van der Waals surface area contributed by atoms with Crippen molar-refractivity contribution in [2.45, 2.75) is 30.8 Å². The number of nitrogens with zero attached hydrogens (tertiary/aromatic N) is 3.